The van der Waals surface area contributed by atoms with Gasteiger partial charge < -0.3 is 20.7 Å². The fourth-order valence-corrected chi connectivity index (χ4v) is 2.18. The first-order valence-corrected chi connectivity index (χ1v) is 6.38. The second-order valence-electron chi connectivity index (χ2n) is 4.72. The van der Waals surface area contributed by atoms with Crippen molar-refractivity contribution in [2.24, 2.45) is 5.92 Å². The summed E-state index contributed by atoms with van der Waals surface area (Å²) in [7, 11) is 0. The number of H-pyrrole nitrogens is 1. The van der Waals surface area contributed by atoms with E-state index in [2.05, 4.69) is 20.6 Å². The molecule has 1 amide bonds. The number of carbonyl (C=O) groups is 2. The number of aromatic amines is 1. The number of amides is 1. The number of nitrogens with one attached hydrogen (secondary N) is 3. The van der Waals surface area contributed by atoms with E-state index in [1.54, 1.807) is 6.20 Å². The molecule has 1 aromatic rings. The van der Waals surface area contributed by atoms with E-state index >= 15 is 0 Å². The minimum atomic E-state index is -1.04. The summed E-state index contributed by atoms with van der Waals surface area (Å²) in [6, 6.07) is -0.921. The lowest BCUT2D eigenvalue weighted by molar-refractivity contribution is -0.142. The smallest absolute Gasteiger partial charge is 0.326 e. The molecule has 2 atom stereocenters. The lowest BCUT2D eigenvalue weighted by Crippen LogP contribution is -2.48. The van der Waals surface area contributed by atoms with E-state index in [0.29, 0.717) is 12.2 Å². The second-order valence-corrected chi connectivity index (χ2v) is 4.72. The van der Waals surface area contributed by atoms with Gasteiger partial charge in [0.1, 0.15) is 6.04 Å². The van der Waals surface area contributed by atoms with E-state index < -0.39 is 12.0 Å². The summed E-state index contributed by atoms with van der Waals surface area (Å²) in [6.07, 6.45) is 5.00. The summed E-state index contributed by atoms with van der Waals surface area (Å²) in [5, 5.41) is 14.9. The van der Waals surface area contributed by atoms with Gasteiger partial charge >= 0.3 is 5.97 Å². The van der Waals surface area contributed by atoms with E-state index in [1.165, 1.54) is 6.33 Å². The average molecular weight is 266 g/mol. The molecule has 1 aromatic heterocycles. The van der Waals surface area contributed by atoms with Crippen molar-refractivity contribution in [3.63, 3.8) is 0 Å². The standard InChI is InChI=1S/C12H18N4O3/c17-11(8-2-1-3-13-5-8)16-10(12(18)19)4-9-6-14-7-15-9/h6-8,10,13H,1-5H2,(H,14,15)(H,16,17)(H,18,19). The van der Waals surface area contributed by atoms with Gasteiger partial charge in [-0.1, -0.05) is 0 Å². The van der Waals surface area contributed by atoms with Crippen LogP contribution in [0.15, 0.2) is 12.5 Å². The Morgan fingerprint density at radius 2 is 2.42 bits per heavy atom. The zero-order valence-electron chi connectivity index (χ0n) is 10.6. The first kappa shape index (κ1) is 13.5. The number of carboxylic acid groups (broad SMARTS) is 1. The van der Waals surface area contributed by atoms with Gasteiger partial charge in [-0.3, -0.25) is 4.79 Å². The van der Waals surface area contributed by atoms with Crippen molar-refractivity contribution in [3.05, 3.63) is 18.2 Å². The van der Waals surface area contributed by atoms with Gasteiger partial charge in [0, 0.05) is 24.9 Å². The van der Waals surface area contributed by atoms with Crippen molar-refractivity contribution < 1.29 is 14.7 Å². The monoisotopic (exact) mass is 266 g/mol. The predicted octanol–water partition coefficient (Wildman–Crippen LogP) is -0.479. The second kappa shape index (κ2) is 6.33. The maximum atomic E-state index is 12.0. The Labute approximate surface area is 110 Å². The molecule has 0 aliphatic carbocycles. The summed E-state index contributed by atoms with van der Waals surface area (Å²) in [6.45, 7) is 1.53. The molecule has 1 fully saturated rings. The molecule has 0 bridgehead atoms. The van der Waals surface area contributed by atoms with Crippen LogP contribution >= 0.6 is 0 Å². The third-order valence-corrected chi connectivity index (χ3v) is 3.26. The highest BCUT2D eigenvalue weighted by Crippen LogP contribution is 2.10. The molecule has 0 aromatic carbocycles. The van der Waals surface area contributed by atoms with Gasteiger partial charge in [0.05, 0.1) is 12.2 Å². The third-order valence-electron chi connectivity index (χ3n) is 3.26. The van der Waals surface area contributed by atoms with Crippen molar-refractivity contribution in [2.75, 3.05) is 13.1 Å². The first-order valence-electron chi connectivity index (χ1n) is 6.38. The fraction of sp³-hybridized carbons (Fsp3) is 0.583. The van der Waals surface area contributed by atoms with Gasteiger partial charge in [-0.2, -0.15) is 0 Å². The van der Waals surface area contributed by atoms with Crippen molar-refractivity contribution >= 4 is 11.9 Å². The molecule has 19 heavy (non-hydrogen) atoms. The lowest BCUT2D eigenvalue weighted by atomic mass is 9.98. The molecule has 0 spiro atoms. The minimum Gasteiger partial charge on any atom is -0.480 e. The Kier molecular flexibility index (Phi) is 4.51. The van der Waals surface area contributed by atoms with Crippen LogP contribution in [0, 0.1) is 5.92 Å². The van der Waals surface area contributed by atoms with E-state index in [4.69, 9.17) is 5.11 Å². The molecule has 104 valence electrons. The van der Waals surface area contributed by atoms with Crippen LogP contribution in [0.25, 0.3) is 0 Å². The highest BCUT2D eigenvalue weighted by Gasteiger charge is 2.26. The molecular weight excluding hydrogens is 248 g/mol. The van der Waals surface area contributed by atoms with E-state index in [-0.39, 0.29) is 18.2 Å². The zero-order valence-corrected chi connectivity index (χ0v) is 10.6. The highest BCUT2D eigenvalue weighted by molar-refractivity contribution is 5.85. The van der Waals surface area contributed by atoms with Crippen LogP contribution in [-0.2, 0) is 16.0 Å². The molecule has 1 saturated heterocycles. The van der Waals surface area contributed by atoms with E-state index in [1.807, 2.05) is 0 Å². The van der Waals surface area contributed by atoms with Gasteiger partial charge in [0.25, 0.3) is 0 Å². The Balaban J connectivity index is 1.92. The SMILES string of the molecule is O=C(NC(Cc1cnc[nH]1)C(=O)O)C1CCCNC1. The number of nitrogens with zero attached hydrogens (tertiary/aromatic N) is 1. The quantitative estimate of drug-likeness (QED) is 0.576. The van der Waals surface area contributed by atoms with Crippen LogP contribution < -0.4 is 10.6 Å². The summed E-state index contributed by atoms with van der Waals surface area (Å²) in [4.78, 5) is 29.9. The van der Waals surface area contributed by atoms with Gasteiger partial charge in [0.15, 0.2) is 0 Å². The van der Waals surface area contributed by atoms with Crippen LogP contribution in [0.3, 0.4) is 0 Å². The summed E-state index contributed by atoms with van der Waals surface area (Å²) in [5.41, 5.74) is 0.689. The molecule has 2 heterocycles. The van der Waals surface area contributed by atoms with E-state index in [9.17, 15) is 9.59 Å². The Hall–Kier alpha value is -1.89. The van der Waals surface area contributed by atoms with Gasteiger partial charge in [-0.25, -0.2) is 9.78 Å². The topological polar surface area (TPSA) is 107 Å². The molecule has 1 aliphatic heterocycles. The predicted molar refractivity (Wildman–Crippen MR) is 67.5 cm³/mol. The molecule has 7 nitrogen and oxygen atoms in total. The third kappa shape index (κ3) is 3.78. The Morgan fingerprint density at radius 3 is 3.00 bits per heavy atom. The lowest BCUT2D eigenvalue weighted by Gasteiger charge is -2.23. The zero-order chi connectivity index (χ0) is 13.7. The molecular formula is C12H18N4O3. The first-order chi connectivity index (χ1) is 9.16. The number of hydrogen-bond donors (Lipinski definition) is 4. The number of imidazole rings is 1. The van der Waals surface area contributed by atoms with Crippen molar-refractivity contribution in [3.8, 4) is 0 Å². The molecule has 0 saturated carbocycles. The fourth-order valence-electron chi connectivity index (χ4n) is 2.18. The summed E-state index contributed by atoms with van der Waals surface area (Å²) < 4.78 is 0. The molecule has 7 heteroatoms. The maximum absolute atomic E-state index is 12.0. The number of hydrogen-bond acceptors (Lipinski definition) is 4. The average Bonchev–Trinajstić information content (AvgIpc) is 2.91. The minimum absolute atomic E-state index is 0.141. The van der Waals surface area contributed by atoms with Crippen LogP contribution in [0.2, 0.25) is 0 Å². The number of carboxylic acids is 1. The highest BCUT2D eigenvalue weighted by atomic mass is 16.4. The van der Waals surface area contributed by atoms with Crippen LogP contribution in [0.4, 0.5) is 0 Å². The molecule has 2 unspecified atom stereocenters. The van der Waals surface area contributed by atoms with Gasteiger partial charge in [-0.15, -0.1) is 0 Å². The van der Waals surface area contributed by atoms with E-state index in [0.717, 1.165) is 19.4 Å². The van der Waals surface area contributed by atoms with Gasteiger partial charge in [0.2, 0.25) is 5.91 Å². The number of piperidine rings is 1. The number of rotatable bonds is 5. The number of aliphatic carboxylic acids is 1. The van der Waals surface area contributed by atoms with Crippen molar-refractivity contribution in [1.82, 2.24) is 20.6 Å². The van der Waals surface area contributed by atoms with Crippen molar-refractivity contribution in [1.29, 1.82) is 0 Å². The summed E-state index contributed by atoms with van der Waals surface area (Å²) in [5.74, 6) is -1.37. The molecule has 0 radical (unpaired) electrons. The Morgan fingerprint density at radius 1 is 1.58 bits per heavy atom. The number of carbonyl (C=O) groups excluding carboxylic acids is 1. The molecule has 2 rings (SSSR count). The normalized spacial score (nSPS) is 20.7. The van der Waals surface area contributed by atoms with Crippen LogP contribution in [0.5, 0.6) is 0 Å². The molecule has 4 N–H and O–H groups in total. The molecule has 1 aliphatic rings. The van der Waals surface area contributed by atoms with Crippen molar-refractivity contribution in [2.45, 2.75) is 25.3 Å². The Bertz CT molecular complexity index is 426. The summed E-state index contributed by atoms with van der Waals surface area (Å²) >= 11 is 0. The van der Waals surface area contributed by atoms with Crippen LogP contribution in [0.1, 0.15) is 18.5 Å². The largest absolute Gasteiger partial charge is 0.480 e. The van der Waals surface area contributed by atoms with Gasteiger partial charge in [-0.05, 0) is 19.4 Å². The van der Waals surface area contributed by atoms with Crippen LogP contribution in [-0.4, -0.2) is 46.1 Å². The maximum Gasteiger partial charge on any atom is 0.326 e. The number of aromatic nitrogens is 2.